The van der Waals surface area contributed by atoms with Crippen LogP contribution in [0, 0.1) is 10.1 Å². The van der Waals surface area contributed by atoms with E-state index in [9.17, 15) is 14.9 Å². The molecular formula is C23H14ClN3O4. The number of nitro groups is 1. The Balaban J connectivity index is 1.47. The van der Waals surface area contributed by atoms with Crippen molar-refractivity contribution in [2.24, 2.45) is 0 Å². The Labute approximate surface area is 182 Å². The van der Waals surface area contributed by atoms with E-state index in [0.29, 0.717) is 5.69 Å². The van der Waals surface area contributed by atoms with Gasteiger partial charge in [0, 0.05) is 23.8 Å². The Morgan fingerprint density at radius 1 is 0.839 bits per heavy atom. The number of nitro benzene ring substituents is 1. The van der Waals surface area contributed by atoms with E-state index in [1.54, 1.807) is 6.07 Å². The van der Waals surface area contributed by atoms with E-state index in [1.165, 1.54) is 18.2 Å². The molecule has 0 atom stereocenters. The lowest BCUT2D eigenvalue weighted by Gasteiger charge is -2.06. The van der Waals surface area contributed by atoms with Crippen molar-refractivity contribution in [1.82, 2.24) is 10.2 Å². The third-order valence-corrected chi connectivity index (χ3v) is 4.82. The standard InChI is InChI=1S/C23H14ClN3O4/c24-20-14-18(27(29)30)10-11-19(20)23(28)31-22-13-12-21(25-26-22)17-8-6-16(7-9-17)15-4-2-1-3-5-15/h1-14H. The zero-order valence-electron chi connectivity index (χ0n) is 15.9. The first kappa shape index (κ1) is 20.2. The summed E-state index contributed by atoms with van der Waals surface area (Å²) >= 11 is 5.96. The maximum Gasteiger partial charge on any atom is 0.346 e. The van der Waals surface area contributed by atoms with Crippen LogP contribution in [0.25, 0.3) is 22.4 Å². The van der Waals surface area contributed by atoms with Crippen molar-refractivity contribution < 1.29 is 14.5 Å². The normalized spacial score (nSPS) is 10.5. The SMILES string of the molecule is O=C(Oc1ccc(-c2ccc(-c3ccccc3)cc2)nn1)c1ccc([N+](=O)[O-])cc1Cl. The Hall–Kier alpha value is -4.10. The molecule has 7 nitrogen and oxygen atoms in total. The highest BCUT2D eigenvalue weighted by atomic mass is 35.5. The van der Waals surface area contributed by atoms with Crippen LogP contribution >= 0.6 is 11.6 Å². The van der Waals surface area contributed by atoms with Gasteiger partial charge in [-0.3, -0.25) is 10.1 Å². The van der Waals surface area contributed by atoms with E-state index in [0.717, 1.165) is 22.8 Å². The largest absolute Gasteiger partial charge is 0.402 e. The van der Waals surface area contributed by atoms with Crippen LogP contribution in [0.3, 0.4) is 0 Å². The molecule has 0 saturated carbocycles. The van der Waals surface area contributed by atoms with Gasteiger partial charge in [-0.15, -0.1) is 10.2 Å². The quantitative estimate of drug-likeness (QED) is 0.232. The van der Waals surface area contributed by atoms with Crippen molar-refractivity contribution in [3.63, 3.8) is 0 Å². The van der Waals surface area contributed by atoms with E-state index in [2.05, 4.69) is 10.2 Å². The molecular weight excluding hydrogens is 418 g/mol. The lowest BCUT2D eigenvalue weighted by molar-refractivity contribution is -0.384. The second-order valence-corrected chi connectivity index (χ2v) is 6.92. The van der Waals surface area contributed by atoms with Crippen molar-refractivity contribution in [2.75, 3.05) is 0 Å². The number of benzene rings is 3. The lowest BCUT2D eigenvalue weighted by atomic mass is 10.0. The molecule has 0 aliphatic carbocycles. The van der Waals surface area contributed by atoms with E-state index in [1.807, 2.05) is 54.6 Å². The minimum absolute atomic E-state index is 0.00496. The monoisotopic (exact) mass is 431 g/mol. The number of esters is 1. The fraction of sp³-hybridized carbons (Fsp3) is 0. The number of hydrogen-bond donors (Lipinski definition) is 0. The Kier molecular flexibility index (Phi) is 5.68. The van der Waals surface area contributed by atoms with E-state index < -0.39 is 10.9 Å². The number of nitrogens with zero attached hydrogens (tertiary/aromatic N) is 3. The van der Waals surface area contributed by atoms with Crippen LogP contribution in [0.2, 0.25) is 5.02 Å². The van der Waals surface area contributed by atoms with Gasteiger partial charge in [-0.2, -0.15) is 0 Å². The second-order valence-electron chi connectivity index (χ2n) is 6.51. The zero-order valence-corrected chi connectivity index (χ0v) is 16.7. The molecule has 8 heteroatoms. The van der Waals surface area contributed by atoms with Gasteiger partial charge >= 0.3 is 5.97 Å². The first-order chi connectivity index (χ1) is 15.0. The summed E-state index contributed by atoms with van der Waals surface area (Å²) in [5.74, 6) is -0.793. The smallest absolute Gasteiger partial charge is 0.346 e. The number of carbonyl (C=O) groups excluding carboxylic acids is 1. The first-order valence-electron chi connectivity index (χ1n) is 9.17. The minimum atomic E-state index is -0.783. The molecule has 3 aromatic carbocycles. The number of ether oxygens (including phenoxy) is 1. The molecule has 4 rings (SSSR count). The number of aromatic nitrogens is 2. The maximum absolute atomic E-state index is 12.3. The minimum Gasteiger partial charge on any atom is -0.402 e. The van der Waals surface area contributed by atoms with Crippen molar-refractivity contribution in [3.05, 3.63) is 106 Å². The van der Waals surface area contributed by atoms with Gasteiger partial charge < -0.3 is 4.74 Å². The van der Waals surface area contributed by atoms with Gasteiger partial charge in [-0.25, -0.2) is 4.79 Å². The maximum atomic E-state index is 12.3. The molecule has 4 aromatic rings. The zero-order chi connectivity index (χ0) is 21.8. The van der Waals surface area contributed by atoms with Crippen LogP contribution in [0.1, 0.15) is 10.4 Å². The third-order valence-electron chi connectivity index (χ3n) is 4.51. The molecule has 0 aliphatic heterocycles. The third kappa shape index (κ3) is 4.57. The molecule has 0 saturated heterocycles. The van der Waals surface area contributed by atoms with Gasteiger partial charge in [-0.1, -0.05) is 66.2 Å². The van der Waals surface area contributed by atoms with E-state index in [4.69, 9.17) is 16.3 Å². The fourth-order valence-electron chi connectivity index (χ4n) is 2.93. The highest BCUT2D eigenvalue weighted by Gasteiger charge is 2.17. The fourth-order valence-corrected chi connectivity index (χ4v) is 3.18. The predicted octanol–water partition coefficient (Wildman–Crippen LogP) is 5.59. The Bertz CT molecular complexity index is 1240. The Morgan fingerprint density at radius 3 is 2.13 bits per heavy atom. The van der Waals surface area contributed by atoms with Gasteiger partial charge in [-0.05, 0) is 23.3 Å². The van der Waals surface area contributed by atoms with Crippen molar-refractivity contribution in [2.45, 2.75) is 0 Å². The summed E-state index contributed by atoms with van der Waals surface area (Å²) in [7, 11) is 0. The summed E-state index contributed by atoms with van der Waals surface area (Å²) in [5, 5.41) is 18.7. The number of carbonyl (C=O) groups is 1. The summed E-state index contributed by atoms with van der Waals surface area (Å²) < 4.78 is 5.18. The second kappa shape index (κ2) is 8.73. The van der Waals surface area contributed by atoms with Crippen LogP contribution < -0.4 is 4.74 Å². The van der Waals surface area contributed by atoms with Gasteiger partial charge in [0.2, 0.25) is 5.88 Å². The number of halogens is 1. The van der Waals surface area contributed by atoms with Crippen LogP contribution in [0.4, 0.5) is 5.69 Å². The van der Waals surface area contributed by atoms with Gasteiger partial charge in [0.15, 0.2) is 0 Å². The molecule has 152 valence electrons. The van der Waals surface area contributed by atoms with Crippen LogP contribution in [0.5, 0.6) is 5.88 Å². The molecule has 0 spiro atoms. The lowest BCUT2D eigenvalue weighted by Crippen LogP contribution is -2.10. The molecule has 1 heterocycles. The molecule has 1 aromatic heterocycles. The van der Waals surface area contributed by atoms with Crippen LogP contribution in [-0.4, -0.2) is 21.1 Å². The molecule has 0 fully saturated rings. The highest BCUT2D eigenvalue weighted by molar-refractivity contribution is 6.33. The topological polar surface area (TPSA) is 95.2 Å². The Morgan fingerprint density at radius 2 is 1.52 bits per heavy atom. The summed E-state index contributed by atoms with van der Waals surface area (Å²) in [6, 6.07) is 24.6. The van der Waals surface area contributed by atoms with Gasteiger partial charge in [0.25, 0.3) is 5.69 Å². The number of hydrogen-bond acceptors (Lipinski definition) is 6. The number of rotatable bonds is 5. The number of non-ortho nitro benzene ring substituents is 1. The summed E-state index contributed by atoms with van der Waals surface area (Å²) in [5.41, 5.74) is 3.46. The van der Waals surface area contributed by atoms with Gasteiger partial charge in [0.05, 0.1) is 21.2 Å². The van der Waals surface area contributed by atoms with Crippen LogP contribution in [0.15, 0.2) is 84.9 Å². The summed E-state index contributed by atoms with van der Waals surface area (Å²) in [6.45, 7) is 0. The van der Waals surface area contributed by atoms with Gasteiger partial charge in [0.1, 0.15) is 0 Å². The average Bonchev–Trinajstić information content (AvgIpc) is 2.80. The van der Waals surface area contributed by atoms with E-state index in [-0.39, 0.29) is 22.2 Å². The molecule has 0 N–H and O–H groups in total. The highest BCUT2D eigenvalue weighted by Crippen LogP contribution is 2.25. The summed E-state index contributed by atoms with van der Waals surface area (Å²) in [4.78, 5) is 22.5. The van der Waals surface area contributed by atoms with Crippen molar-refractivity contribution >= 4 is 23.3 Å². The molecule has 0 amide bonds. The molecule has 0 radical (unpaired) electrons. The van der Waals surface area contributed by atoms with Crippen molar-refractivity contribution in [3.8, 4) is 28.3 Å². The predicted molar refractivity (Wildman–Crippen MR) is 116 cm³/mol. The molecule has 0 bridgehead atoms. The molecule has 0 unspecified atom stereocenters. The molecule has 0 aliphatic rings. The van der Waals surface area contributed by atoms with Crippen molar-refractivity contribution in [1.29, 1.82) is 0 Å². The van der Waals surface area contributed by atoms with E-state index >= 15 is 0 Å². The average molecular weight is 432 g/mol. The first-order valence-corrected chi connectivity index (χ1v) is 9.55. The molecule has 31 heavy (non-hydrogen) atoms. The van der Waals surface area contributed by atoms with Crippen LogP contribution in [-0.2, 0) is 0 Å². The summed E-state index contributed by atoms with van der Waals surface area (Å²) in [6.07, 6.45) is 0.